The molecule has 1 fully saturated rings. The van der Waals surface area contributed by atoms with Crippen LogP contribution in [0.1, 0.15) is 35.9 Å². The second kappa shape index (κ2) is 8.76. The van der Waals surface area contributed by atoms with Gasteiger partial charge in [0.15, 0.2) is 5.82 Å². The van der Waals surface area contributed by atoms with E-state index >= 15 is 0 Å². The molecule has 7 nitrogen and oxygen atoms in total. The average Bonchev–Trinajstić information content (AvgIpc) is 2.72. The van der Waals surface area contributed by atoms with Crippen molar-refractivity contribution >= 4 is 11.8 Å². The Morgan fingerprint density at radius 1 is 1.20 bits per heavy atom. The van der Waals surface area contributed by atoms with E-state index in [9.17, 15) is 22.8 Å². The number of amides is 2. The molecule has 3 heterocycles. The summed E-state index contributed by atoms with van der Waals surface area (Å²) in [5.74, 6) is -1.93. The maximum Gasteiger partial charge on any atom is 0.471 e. The third-order valence-corrected chi connectivity index (χ3v) is 5.00. The highest BCUT2D eigenvalue weighted by Crippen LogP contribution is 2.27. The van der Waals surface area contributed by atoms with E-state index in [0.29, 0.717) is 30.0 Å². The van der Waals surface area contributed by atoms with Gasteiger partial charge in [0.1, 0.15) is 5.69 Å². The molecule has 0 bridgehead atoms. The molecular formula is C20H22F3N5O2. The Bertz CT molecular complexity index is 920. The maximum absolute atomic E-state index is 13.4. The lowest BCUT2D eigenvalue weighted by atomic mass is 9.93. The van der Waals surface area contributed by atoms with Gasteiger partial charge >= 0.3 is 12.1 Å². The topological polar surface area (TPSA) is 88.1 Å². The van der Waals surface area contributed by atoms with Gasteiger partial charge in [-0.05, 0) is 43.9 Å². The van der Waals surface area contributed by atoms with Crippen LogP contribution in [0.5, 0.6) is 0 Å². The van der Waals surface area contributed by atoms with Crippen molar-refractivity contribution in [2.24, 2.45) is 5.92 Å². The second-order valence-electron chi connectivity index (χ2n) is 7.42. The maximum atomic E-state index is 13.4. The molecule has 10 heteroatoms. The number of likely N-dealkylation sites (tertiary alicyclic amines) is 1. The number of aryl methyl sites for hydroxylation is 1. The van der Waals surface area contributed by atoms with Gasteiger partial charge in [0.25, 0.3) is 5.91 Å². The van der Waals surface area contributed by atoms with Crippen LogP contribution in [0, 0.1) is 12.8 Å². The lowest BCUT2D eigenvalue weighted by Crippen LogP contribution is -2.53. The van der Waals surface area contributed by atoms with Gasteiger partial charge in [-0.25, -0.2) is 15.0 Å². The van der Waals surface area contributed by atoms with Gasteiger partial charge in [0.2, 0.25) is 0 Å². The molecule has 1 aliphatic heterocycles. The number of nitrogens with one attached hydrogen (secondary N) is 1. The van der Waals surface area contributed by atoms with Crippen molar-refractivity contribution in [2.75, 3.05) is 13.1 Å². The van der Waals surface area contributed by atoms with Gasteiger partial charge in [-0.15, -0.1) is 0 Å². The first-order chi connectivity index (χ1) is 14.2. The summed E-state index contributed by atoms with van der Waals surface area (Å²) >= 11 is 0. The van der Waals surface area contributed by atoms with E-state index in [2.05, 4.69) is 15.0 Å². The van der Waals surface area contributed by atoms with Crippen LogP contribution in [0.4, 0.5) is 13.2 Å². The van der Waals surface area contributed by atoms with Crippen molar-refractivity contribution in [3.05, 3.63) is 42.0 Å². The first-order valence-electron chi connectivity index (χ1n) is 9.58. The van der Waals surface area contributed by atoms with Crippen molar-refractivity contribution in [1.29, 1.82) is 0 Å². The van der Waals surface area contributed by atoms with Gasteiger partial charge in [-0.2, -0.15) is 13.2 Å². The molecule has 160 valence electrons. The molecule has 2 aromatic heterocycles. The molecule has 0 saturated carbocycles. The van der Waals surface area contributed by atoms with E-state index in [1.807, 2.05) is 12.2 Å². The van der Waals surface area contributed by atoms with Gasteiger partial charge in [0.05, 0.1) is 5.56 Å². The van der Waals surface area contributed by atoms with E-state index in [-0.39, 0.29) is 18.2 Å². The molecule has 30 heavy (non-hydrogen) atoms. The molecule has 0 aliphatic carbocycles. The van der Waals surface area contributed by atoms with Crippen LogP contribution in [-0.4, -0.2) is 57.0 Å². The van der Waals surface area contributed by atoms with Crippen LogP contribution in [-0.2, 0) is 4.79 Å². The Balaban J connectivity index is 1.89. The number of rotatable bonds is 4. The number of halogens is 3. The summed E-state index contributed by atoms with van der Waals surface area (Å²) in [6.45, 7) is 3.79. The summed E-state index contributed by atoms with van der Waals surface area (Å²) in [7, 11) is 0. The highest BCUT2D eigenvalue weighted by atomic mass is 19.4. The molecule has 1 N–H and O–H groups in total. The Hall–Kier alpha value is -3.04. The Morgan fingerprint density at radius 3 is 2.57 bits per heavy atom. The SMILES string of the molecule is Cc1ccc(-c2ncccn2)c(C(=O)N2C[C@@H](C)CC[C@H]2CNC(=O)C(F)(F)F)n1. The van der Waals surface area contributed by atoms with Crippen molar-refractivity contribution in [3.8, 4) is 11.4 Å². The molecule has 1 saturated heterocycles. The van der Waals surface area contributed by atoms with E-state index in [4.69, 9.17) is 0 Å². The van der Waals surface area contributed by atoms with Crippen molar-refractivity contribution in [1.82, 2.24) is 25.2 Å². The molecule has 2 atom stereocenters. The van der Waals surface area contributed by atoms with Crippen LogP contribution in [0.15, 0.2) is 30.6 Å². The molecule has 3 rings (SSSR count). The largest absolute Gasteiger partial charge is 0.471 e. The molecule has 0 unspecified atom stereocenters. The van der Waals surface area contributed by atoms with Crippen molar-refractivity contribution in [3.63, 3.8) is 0 Å². The summed E-state index contributed by atoms with van der Waals surface area (Å²) in [5, 5.41) is 1.90. The van der Waals surface area contributed by atoms with Gasteiger partial charge < -0.3 is 10.2 Å². The van der Waals surface area contributed by atoms with Crippen LogP contribution in [0.3, 0.4) is 0 Å². The third-order valence-electron chi connectivity index (χ3n) is 5.00. The smallest absolute Gasteiger partial charge is 0.346 e. The fourth-order valence-electron chi connectivity index (χ4n) is 3.45. The molecule has 2 amide bonds. The van der Waals surface area contributed by atoms with E-state index < -0.39 is 24.0 Å². The zero-order valence-electron chi connectivity index (χ0n) is 16.6. The number of carbonyl (C=O) groups is 2. The van der Waals surface area contributed by atoms with Gasteiger partial charge in [0, 0.05) is 37.2 Å². The number of aromatic nitrogens is 3. The quantitative estimate of drug-likeness (QED) is 0.820. The minimum absolute atomic E-state index is 0.141. The normalized spacial score (nSPS) is 19.4. The van der Waals surface area contributed by atoms with Gasteiger partial charge in [-0.1, -0.05) is 6.92 Å². The number of pyridine rings is 1. The molecule has 0 aromatic carbocycles. The van der Waals surface area contributed by atoms with E-state index in [1.54, 1.807) is 37.5 Å². The third kappa shape index (κ3) is 4.92. The zero-order valence-corrected chi connectivity index (χ0v) is 16.6. The van der Waals surface area contributed by atoms with Crippen molar-refractivity contribution < 1.29 is 22.8 Å². The Morgan fingerprint density at radius 2 is 1.90 bits per heavy atom. The number of hydrogen-bond acceptors (Lipinski definition) is 5. The number of alkyl halides is 3. The van der Waals surface area contributed by atoms with Crippen molar-refractivity contribution in [2.45, 2.75) is 38.9 Å². The lowest BCUT2D eigenvalue weighted by molar-refractivity contribution is -0.173. The van der Waals surface area contributed by atoms with Crippen LogP contribution in [0.25, 0.3) is 11.4 Å². The number of hydrogen-bond donors (Lipinski definition) is 1. The highest BCUT2D eigenvalue weighted by molar-refractivity contribution is 5.98. The predicted molar refractivity (Wildman–Crippen MR) is 102 cm³/mol. The van der Waals surface area contributed by atoms with E-state index in [1.165, 1.54) is 4.90 Å². The fourth-order valence-corrected chi connectivity index (χ4v) is 3.45. The Labute approximate surface area is 171 Å². The molecule has 0 radical (unpaired) electrons. The molecule has 0 spiro atoms. The highest BCUT2D eigenvalue weighted by Gasteiger charge is 2.40. The number of nitrogens with zero attached hydrogens (tertiary/aromatic N) is 4. The first-order valence-corrected chi connectivity index (χ1v) is 9.58. The summed E-state index contributed by atoms with van der Waals surface area (Å²) in [6, 6.07) is 4.53. The fraction of sp³-hybridized carbons (Fsp3) is 0.450. The second-order valence-corrected chi connectivity index (χ2v) is 7.42. The average molecular weight is 421 g/mol. The lowest BCUT2D eigenvalue weighted by Gasteiger charge is -2.39. The summed E-state index contributed by atoms with van der Waals surface area (Å²) in [6.07, 6.45) is -0.642. The van der Waals surface area contributed by atoms with Gasteiger partial charge in [-0.3, -0.25) is 9.59 Å². The predicted octanol–water partition coefficient (Wildman–Crippen LogP) is 2.77. The minimum atomic E-state index is -4.97. The molecular weight excluding hydrogens is 399 g/mol. The Kier molecular flexibility index (Phi) is 6.33. The van der Waals surface area contributed by atoms with Crippen LogP contribution >= 0.6 is 0 Å². The summed E-state index contributed by atoms with van der Waals surface area (Å²) in [4.78, 5) is 38.9. The number of carbonyl (C=O) groups excluding carboxylic acids is 2. The van der Waals surface area contributed by atoms with Crippen LogP contribution < -0.4 is 5.32 Å². The minimum Gasteiger partial charge on any atom is -0.346 e. The van der Waals surface area contributed by atoms with E-state index in [0.717, 1.165) is 6.42 Å². The zero-order chi connectivity index (χ0) is 21.9. The number of piperidine rings is 1. The first kappa shape index (κ1) is 21.7. The summed E-state index contributed by atoms with van der Waals surface area (Å²) in [5.41, 5.74) is 1.20. The molecule has 2 aromatic rings. The monoisotopic (exact) mass is 421 g/mol. The standard InChI is InChI=1S/C20H22F3N5O2/c1-12-4-6-14(10-26-19(30)20(21,22)23)28(11-12)18(29)16-15(7-5-13(2)27-16)17-24-8-3-9-25-17/h3,5,7-9,12,14H,4,6,10-11H2,1-2H3,(H,26,30)/t12-,14-/m0/s1. The molecule has 1 aliphatic rings. The van der Waals surface area contributed by atoms with Crippen LogP contribution in [0.2, 0.25) is 0 Å². The summed E-state index contributed by atoms with van der Waals surface area (Å²) < 4.78 is 37.7.